The molecule has 1 aromatic carbocycles. The Morgan fingerprint density at radius 3 is 2.55 bits per heavy atom. The average molecular weight is 391 g/mol. The summed E-state index contributed by atoms with van der Waals surface area (Å²) in [5.41, 5.74) is 0.863. The number of nitrogens with zero attached hydrogens (tertiary/aromatic N) is 5. The van der Waals surface area contributed by atoms with E-state index in [4.69, 9.17) is 0 Å². The molecule has 0 radical (unpaired) electrons. The summed E-state index contributed by atoms with van der Waals surface area (Å²) < 4.78 is 1.81. The summed E-state index contributed by atoms with van der Waals surface area (Å²) >= 11 is 0. The molecule has 2 aromatic heterocycles. The normalized spacial score (nSPS) is 22.7. The van der Waals surface area contributed by atoms with E-state index in [-0.39, 0.29) is 11.8 Å². The summed E-state index contributed by atoms with van der Waals surface area (Å²) in [6.45, 7) is 3.29. The van der Waals surface area contributed by atoms with Crippen LogP contribution in [0.25, 0.3) is 16.7 Å². The fraction of sp³-hybridized carbons (Fsp3) is 0.350. The van der Waals surface area contributed by atoms with Gasteiger partial charge in [0.25, 0.3) is 5.91 Å². The quantitative estimate of drug-likeness (QED) is 0.658. The van der Waals surface area contributed by atoms with Gasteiger partial charge in [0.2, 0.25) is 0 Å². The Morgan fingerprint density at radius 2 is 1.86 bits per heavy atom. The number of piperidine rings is 1. The highest BCUT2D eigenvalue weighted by Gasteiger charge is 2.48. The summed E-state index contributed by atoms with van der Waals surface area (Å²) in [5.74, 6) is 0.685. The van der Waals surface area contributed by atoms with Gasteiger partial charge in [-0.25, -0.2) is 19.4 Å². The molecule has 5 rings (SSSR count). The maximum atomic E-state index is 12.2. The van der Waals surface area contributed by atoms with Crippen LogP contribution in [0, 0.1) is 5.92 Å². The molecule has 0 spiro atoms. The molecule has 2 saturated heterocycles. The molecule has 2 aliphatic rings. The Balaban J connectivity index is 1.40. The topological polar surface area (TPSA) is 105 Å². The molecule has 148 valence electrons. The second-order valence-corrected chi connectivity index (χ2v) is 7.70. The predicted molar refractivity (Wildman–Crippen MR) is 107 cm³/mol. The lowest BCUT2D eigenvalue weighted by Crippen LogP contribution is -2.53. The third-order valence-corrected chi connectivity index (χ3v) is 6.03. The van der Waals surface area contributed by atoms with Gasteiger partial charge in [-0.05, 0) is 37.8 Å². The summed E-state index contributed by atoms with van der Waals surface area (Å²) in [5, 5.41) is 10.6. The lowest BCUT2D eigenvalue weighted by atomic mass is 9.79. The lowest BCUT2D eigenvalue weighted by Gasteiger charge is -2.39. The van der Waals surface area contributed by atoms with Gasteiger partial charge < -0.3 is 10.2 Å². The standard InChI is InChI=1S/C20H21N7O2/c1-20(18(28)24-19(29)25-20)13-7-9-26(10-8-13)16-15-11-23-27(17(15)22-12-21-16)14-5-3-2-4-6-14/h2-6,11-13H,7-10H2,1H3,(H2,24,25,28,29). The molecule has 1 unspecified atom stereocenters. The van der Waals surface area contributed by atoms with Crippen LogP contribution < -0.4 is 15.5 Å². The second-order valence-electron chi connectivity index (χ2n) is 7.70. The smallest absolute Gasteiger partial charge is 0.322 e. The van der Waals surface area contributed by atoms with Crippen molar-refractivity contribution in [3.63, 3.8) is 0 Å². The number of carbonyl (C=O) groups is 2. The lowest BCUT2D eigenvalue weighted by molar-refractivity contribution is -0.125. The number of aromatic nitrogens is 4. The highest BCUT2D eigenvalue weighted by molar-refractivity contribution is 6.07. The molecular formula is C20H21N7O2. The van der Waals surface area contributed by atoms with Gasteiger partial charge in [-0.15, -0.1) is 0 Å². The predicted octanol–water partition coefficient (Wildman–Crippen LogP) is 1.63. The summed E-state index contributed by atoms with van der Waals surface area (Å²) in [6.07, 6.45) is 4.93. The molecular weight excluding hydrogens is 370 g/mol. The summed E-state index contributed by atoms with van der Waals surface area (Å²) in [6, 6.07) is 9.46. The number of benzene rings is 1. The Kier molecular flexibility index (Phi) is 3.97. The van der Waals surface area contributed by atoms with E-state index >= 15 is 0 Å². The minimum Gasteiger partial charge on any atom is -0.356 e. The highest BCUT2D eigenvalue weighted by Crippen LogP contribution is 2.33. The van der Waals surface area contributed by atoms with Gasteiger partial charge >= 0.3 is 6.03 Å². The number of anilines is 1. The zero-order chi connectivity index (χ0) is 20.0. The van der Waals surface area contributed by atoms with Gasteiger partial charge in [0.1, 0.15) is 17.7 Å². The van der Waals surface area contributed by atoms with Crippen LogP contribution >= 0.6 is 0 Å². The molecule has 9 nitrogen and oxygen atoms in total. The Labute approximate surface area is 167 Å². The fourth-order valence-electron chi connectivity index (χ4n) is 4.35. The number of hydrogen-bond acceptors (Lipinski definition) is 6. The van der Waals surface area contributed by atoms with Crippen LogP contribution in [0.15, 0.2) is 42.9 Å². The average Bonchev–Trinajstić information content (AvgIpc) is 3.29. The molecule has 1 atom stereocenters. The molecule has 2 aliphatic heterocycles. The van der Waals surface area contributed by atoms with Gasteiger partial charge in [0, 0.05) is 13.1 Å². The molecule has 2 N–H and O–H groups in total. The third kappa shape index (κ3) is 2.81. The van der Waals surface area contributed by atoms with Crippen LogP contribution in [0.1, 0.15) is 19.8 Å². The van der Waals surface area contributed by atoms with Crippen LogP contribution in [0.3, 0.4) is 0 Å². The molecule has 9 heteroatoms. The number of rotatable bonds is 3. The monoisotopic (exact) mass is 391 g/mol. The fourth-order valence-corrected chi connectivity index (χ4v) is 4.35. The van der Waals surface area contributed by atoms with Crippen molar-refractivity contribution in [2.24, 2.45) is 5.92 Å². The van der Waals surface area contributed by atoms with Gasteiger partial charge in [-0.3, -0.25) is 10.1 Å². The van der Waals surface area contributed by atoms with Crippen molar-refractivity contribution in [1.82, 2.24) is 30.4 Å². The Morgan fingerprint density at radius 1 is 1.10 bits per heavy atom. The molecule has 29 heavy (non-hydrogen) atoms. The minimum absolute atomic E-state index is 0.0783. The summed E-state index contributed by atoms with van der Waals surface area (Å²) in [4.78, 5) is 35.0. The Hall–Kier alpha value is -3.49. The van der Waals surface area contributed by atoms with Crippen molar-refractivity contribution >= 4 is 28.8 Å². The maximum Gasteiger partial charge on any atom is 0.322 e. The first-order valence-electron chi connectivity index (χ1n) is 9.69. The van der Waals surface area contributed by atoms with Gasteiger partial charge in [0.15, 0.2) is 5.65 Å². The highest BCUT2D eigenvalue weighted by atomic mass is 16.2. The van der Waals surface area contributed by atoms with E-state index in [1.54, 1.807) is 19.4 Å². The van der Waals surface area contributed by atoms with Crippen LogP contribution in [0.2, 0.25) is 0 Å². The first-order chi connectivity index (χ1) is 14.1. The number of para-hydroxylation sites is 1. The van der Waals surface area contributed by atoms with Crippen molar-refractivity contribution in [2.45, 2.75) is 25.3 Å². The molecule has 0 saturated carbocycles. The van der Waals surface area contributed by atoms with E-state index < -0.39 is 11.6 Å². The van der Waals surface area contributed by atoms with E-state index in [0.29, 0.717) is 0 Å². The van der Waals surface area contributed by atoms with Gasteiger partial charge in [-0.1, -0.05) is 18.2 Å². The number of hydrogen-bond donors (Lipinski definition) is 2. The number of fused-ring (bicyclic) bond motifs is 1. The van der Waals surface area contributed by atoms with Crippen molar-refractivity contribution in [3.05, 3.63) is 42.9 Å². The van der Waals surface area contributed by atoms with Crippen molar-refractivity contribution < 1.29 is 9.59 Å². The van der Waals surface area contributed by atoms with Gasteiger partial charge in [-0.2, -0.15) is 5.10 Å². The largest absolute Gasteiger partial charge is 0.356 e. The summed E-state index contributed by atoms with van der Waals surface area (Å²) in [7, 11) is 0. The molecule has 3 amide bonds. The number of nitrogens with one attached hydrogen (secondary N) is 2. The molecule has 0 bridgehead atoms. The van der Waals surface area contributed by atoms with Crippen molar-refractivity contribution in [3.8, 4) is 5.69 Å². The van der Waals surface area contributed by atoms with E-state index in [2.05, 4.69) is 30.6 Å². The first kappa shape index (κ1) is 17.6. The number of carbonyl (C=O) groups excluding carboxylic acids is 2. The van der Waals surface area contributed by atoms with Crippen LogP contribution in [-0.4, -0.2) is 50.3 Å². The van der Waals surface area contributed by atoms with E-state index in [1.807, 2.05) is 35.0 Å². The number of amides is 3. The first-order valence-corrected chi connectivity index (χ1v) is 9.69. The molecule has 0 aliphatic carbocycles. The third-order valence-electron chi connectivity index (χ3n) is 6.03. The van der Waals surface area contributed by atoms with E-state index in [1.165, 1.54) is 0 Å². The minimum atomic E-state index is -0.845. The van der Waals surface area contributed by atoms with Gasteiger partial charge in [0.05, 0.1) is 17.3 Å². The number of urea groups is 1. The molecule has 3 aromatic rings. The zero-order valence-corrected chi connectivity index (χ0v) is 16.0. The van der Waals surface area contributed by atoms with Crippen molar-refractivity contribution in [1.29, 1.82) is 0 Å². The maximum absolute atomic E-state index is 12.2. The zero-order valence-electron chi connectivity index (χ0n) is 16.0. The number of imide groups is 1. The SMILES string of the molecule is CC1(C2CCN(c3ncnc4c3cnn4-c3ccccc3)CC2)NC(=O)NC1=O. The van der Waals surface area contributed by atoms with Crippen LogP contribution in [0.4, 0.5) is 10.6 Å². The Bertz CT molecular complexity index is 1090. The van der Waals surface area contributed by atoms with E-state index in [9.17, 15) is 9.59 Å². The van der Waals surface area contributed by atoms with E-state index in [0.717, 1.165) is 48.5 Å². The second kappa shape index (κ2) is 6.54. The van der Waals surface area contributed by atoms with Crippen LogP contribution in [-0.2, 0) is 4.79 Å². The molecule has 2 fully saturated rings. The van der Waals surface area contributed by atoms with Crippen molar-refractivity contribution in [2.75, 3.05) is 18.0 Å². The van der Waals surface area contributed by atoms with Crippen LogP contribution in [0.5, 0.6) is 0 Å². The molecule has 4 heterocycles.